The molecule has 8 nitrogen and oxygen atoms in total. The molecule has 0 saturated carbocycles. The highest BCUT2D eigenvalue weighted by Crippen LogP contribution is 2.42. The lowest BCUT2D eigenvalue weighted by Gasteiger charge is -2.22. The molecule has 4 N–H and O–H groups in total. The number of aryl methyl sites for hydroxylation is 1. The molecule has 20 heavy (non-hydrogen) atoms. The van der Waals surface area contributed by atoms with Gasteiger partial charge in [0.1, 0.15) is 12.0 Å². The Kier molecular flexibility index (Phi) is 3.53. The van der Waals surface area contributed by atoms with Gasteiger partial charge in [0.2, 0.25) is 0 Å². The van der Waals surface area contributed by atoms with Crippen LogP contribution in [0.3, 0.4) is 0 Å². The fraction of sp³-hybridized carbons (Fsp3) is 0.583. The summed E-state index contributed by atoms with van der Waals surface area (Å²) in [6.45, 7) is 2.74. The van der Waals surface area contributed by atoms with Crippen molar-refractivity contribution in [3.8, 4) is 0 Å². The maximum absolute atomic E-state index is 11.8. The summed E-state index contributed by atoms with van der Waals surface area (Å²) in [6.07, 6.45) is -0.113. The molecule has 2 heterocycles. The first kappa shape index (κ1) is 14.5. The van der Waals surface area contributed by atoms with E-state index in [2.05, 4.69) is 4.98 Å². The van der Waals surface area contributed by atoms with Crippen molar-refractivity contribution < 1.29 is 19.7 Å². The SMILES string of the molecule is Cc1cn([C@H]2C[C@](C)(C(=O)O)[C@H](CO)O2)c(=O)nc1N. The number of nitrogen functional groups attached to an aromatic ring is 1. The van der Waals surface area contributed by atoms with E-state index in [1.807, 2.05) is 0 Å². The highest BCUT2D eigenvalue weighted by molar-refractivity contribution is 5.75. The topological polar surface area (TPSA) is 128 Å². The predicted octanol–water partition coefficient (Wildman–Crippen LogP) is -0.495. The van der Waals surface area contributed by atoms with Crippen molar-refractivity contribution >= 4 is 11.8 Å². The van der Waals surface area contributed by atoms with Crippen molar-refractivity contribution in [2.24, 2.45) is 5.41 Å². The molecule has 0 spiro atoms. The average molecular weight is 283 g/mol. The molecule has 0 unspecified atom stereocenters. The van der Waals surface area contributed by atoms with Crippen molar-refractivity contribution in [1.82, 2.24) is 9.55 Å². The van der Waals surface area contributed by atoms with Crippen LogP contribution >= 0.6 is 0 Å². The molecule has 0 radical (unpaired) electrons. The number of carboxylic acids is 1. The van der Waals surface area contributed by atoms with E-state index in [1.165, 1.54) is 17.7 Å². The Hall–Kier alpha value is -1.93. The van der Waals surface area contributed by atoms with Crippen molar-refractivity contribution in [2.75, 3.05) is 12.3 Å². The van der Waals surface area contributed by atoms with Gasteiger partial charge in [0.05, 0.1) is 18.1 Å². The van der Waals surface area contributed by atoms with Gasteiger partial charge in [-0.3, -0.25) is 9.36 Å². The molecule has 110 valence electrons. The molecule has 8 heteroatoms. The summed E-state index contributed by atoms with van der Waals surface area (Å²) in [5, 5.41) is 18.6. The number of hydrogen-bond donors (Lipinski definition) is 3. The van der Waals surface area contributed by atoms with Crippen LogP contribution in [0.1, 0.15) is 25.1 Å². The van der Waals surface area contributed by atoms with Crippen LogP contribution in [0.25, 0.3) is 0 Å². The van der Waals surface area contributed by atoms with Gasteiger partial charge in [-0.25, -0.2) is 4.79 Å². The van der Waals surface area contributed by atoms with E-state index in [0.29, 0.717) is 5.56 Å². The van der Waals surface area contributed by atoms with E-state index in [0.717, 1.165) is 0 Å². The first-order valence-electron chi connectivity index (χ1n) is 6.14. The number of aliphatic hydroxyl groups excluding tert-OH is 1. The Morgan fingerprint density at radius 3 is 2.85 bits per heavy atom. The smallest absolute Gasteiger partial charge is 0.351 e. The van der Waals surface area contributed by atoms with Gasteiger partial charge in [-0.15, -0.1) is 0 Å². The molecule has 0 amide bonds. The number of ether oxygens (including phenoxy) is 1. The Morgan fingerprint density at radius 2 is 2.35 bits per heavy atom. The van der Waals surface area contributed by atoms with E-state index in [9.17, 15) is 19.8 Å². The van der Waals surface area contributed by atoms with Gasteiger partial charge in [0, 0.05) is 18.2 Å². The van der Waals surface area contributed by atoms with Crippen LogP contribution in [-0.4, -0.2) is 38.4 Å². The second kappa shape index (κ2) is 4.88. The largest absolute Gasteiger partial charge is 0.481 e. The Balaban J connectivity index is 2.40. The molecule has 1 aliphatic heterocycles. The molecule has 0 aliphatic carbocycles. The van der Waals surface area contributed by atoms with E-state index >= 15 is 0 Å². The molecule has 1 aromatic heterocycles. The normalized spacial score (nSPS) is 29.6. The lowest BCUT2D eigenvalue weighted by Crippen LogP contribution is -2.38. The second-order valence-electron chi connectivity index (χ2n) is 5.19. The monoisotopic (exact) mass is 283 g/mol. The summed E-state index contributed by atoms with van der Waals surface area (Å²) in [5.74, 6) is -0.948. The van der Waals surface area contributed by atoms with Gasteiger partial charge in [0.25, 0.3) is 0 Å². The predicted molar refractivity (Wildman–Crippen MR) is 69.0 cm³/mol. The van der Waals surface area contributed by atoms with E-state index in [-0.39, 0.29) is 12.2 Å². The molecule has 1 fully saturated rings. The Morgan fingerprint density at radius 1 is 1.70 bits per heavy atom. The van der Waals surface area contributed by atoms with E-state index in [4.69, 9.17) is 10.5 Å². The van der Waals surface area contributed by atoms with Crippen LogP contribution in [0, 0.1) is 12.3 Å². The van der Waals surface area contributed by atoms with E-state index in [1.54, 1.807) is 6.92 Å². The fourth-order valence-electron chi connectivity index (χ4n) is 2.30. The number of aliphatic carboxylic acids is 1. The van der Waals surface area contributed by atoms with Crippen molar-refractivity contribution in [3.63, 3.8) is 0 Å². The van der Waals surface area contributed by atoms with Gasteiger partial charge in [-0.1, -0.05) is 0 Å². The Labute approximate surface area is 114 Å². The summed E-state index contributed by atoms with van der Waals surface area (Å²) in [6, 6.07) is 0. The maximum Gasteiger partial charge on any atom is 0.351 e. The summed E-state index contributed by atoms with van der Waals surface area (Å²) in [5.41, 5.74) is 4.28. The van der Waals surface area contributed by atoms with Gasteiger partial charge >= 0.3 is 11.7 Å². The number of nitrogens with two attached hydrogens (primary N) is 1. The number of carbonyl (C=O) groups is 1. The van der Waals surface area contributed by atoms with Crippen LogP contribution in [0.2, 0.25) is 0 Å². The van der Waals surface area contributed by atoms with Crippen LogP contribution in [0.4, 0.5) is 5.82 Å². The molecule has 0 bridgehead atoms. The minimum absolute atomic E-state index is 0.0680. The number of carboxylic acid groups (broad SMARTS) is 1. The zero-order chi connectivity index (χ0) is 15.1. The minimum atomic E-state index is -1.26. The number of hydrogen-bond acceptors (Lipinski definition) is 6. The number of aliphatic hydroxyl groups is 1. The summed E-state index contributed by atoms with van der Waals surface area (Å²) in [7, 11) is 0. The molecular formula is C12H17N3O5. The van der Waals surface area contributed by atoms with Crippen molar-refractivity contribution in [3.05, 3.63) is 22.2 Å². The first-order valence-corrected chi connectivity index (χ1v) is 6.14. The number of aromatic nitrogens is 2. The van der Waals surface area contributed by atoms with Gasteiger partial charge in [0.15, 0.2) is 0 Å². The second-order valence-corrected chi connectivity index (χ2v) is 5.19. The summed E-state index contributed by atoms with van der Waals surface area (Å²) >= 11 is 0. The van der Waals surface area contributed by atoms with E-state index < -0.39 is 36.0 Å². The third-order valence-corrected chi connectivity index (χ3v) is 3.77. The number of rotatable bonds is 3. The zero-order valence-electron chi connectivity index (χ0n) is 11.2. The maximum atomic E-state index is 11.8. The van der Waals surface area contributed by atoms with Crippen LogP contribution in [-0.2, 0) is 9.53 Å². The zero-order valence-corrected chi connectivity index (χ0v) is 11.2. The highest BCUT2D eigenvalue weighted by Gasteiger charge is 2.51. The molecular weight excluding hydrogens is 266 g/mol. The fourth-order valence-corrected chi connectivity index (χ4v) is 2.30. The molecule has 1 aromatic rings. The first-order chi connectivity index (χ1) is 9.29. The summed E-state index contributed by atoms with van der Waals surface area (Å²) in [4.78, 5) is 26.9. The number of anilines is 1. The highest BCUT2D eigenvalue weighted by atomic mass is 16.5. The van der Waals surface area contributed by atoms with Gasteiger partial charge < -0.3 is 20.7 Å². The molecule has 2 rings (SSSR count). The standard InChI is InChI=1S/C12H17N3O5/c1-6-4-15(11(19)14-9(6)13)8-3-12(2,10(17)18)7(5-16)20-8/h4,7-8,16H,3,5H2,1-2H3,(H,17,18)(H2,13,14,19)/t7-,8+,12-/m0/s1. The minimum Gasteiger partial charge on any atom is -0.481 e. The molecule has 0 aromatic carbocycles. The number of nitrogens with zero attached hydrogens (tertiary/aromatic N) is 2. The van der Waals surface area contributed by atoms with Crippen molar-refractivity contribution in [2.45, 2.75) is 32.6 Å². The molecule has 1 aliphatic rings. The molecule has 1 saturated heterocycles. The molecule has 3 atom stereocenters. The quantitative estimate of drug-likeness (QED) is 0.682. The third-order valence-electron chi connectivity index (χ3n) is 3.77. The van der Waals surface area contributed by atoms with Gasteiger partial charge in [-0.2, -0.15) is 4.98 Å². The average Bonchev–Trinajstić information content (AvgIpc) is 2.72. The van der Waals surface area contributed by atoms with Crippen molar-refractivity contribution in [1.29, 1.82) is 0 Å². The lowest BCUT2D eigenvalue weighted by atomic mass is 9.83. The van der Waals surface area contributed by atoms with Crippen LogP contribution < -0.4 is 11.4 Å². The van der Waals surface area contributed by atoms with Gasteiger partial charge in [-0.05, 0) is 13.8 Å². The Bertz CT molecular complexity index is 599. The van der Waals surface area contributed by atoms with Crippen LogP contribution in [0.5, 0.6) is 0 Å². The summed E-state index contributed by atoms with van der Waals surface area (Å²) < 4.78 is 6.71. The lowest BCUT2D eigenvalue weighted by molar-refractivity contribution is -0.152. The van der Waals surface area contributed by atoms with Crippen LogP contribution in [0.15, 0.2) is 11.0 Å². The third kappa shape index (κ3) is 2.16.